The number of carbonyl (C=O) groups is 1. The van der Waals surface area contributed by atoms with Crippen LogP contribution < -0.4 is 25.8 Å². The summed E-state index contributed by atoms with van der Waals surface area (Å²) in [6.45, 7) is 1.68. The fourth-order valence-electron chi connectivity index (χ4n) is 4.40. The molecule has 0 saturated carbocycles. The molecule has 0 saturated heterocycles. The van der Waals surface area contributed by atoms with Gasteiger partial charge >= 0.3 is 6.03 Å². The van der Waals surface area contributed by atoms with E-state index in [1.807, 2.05) is 13.2 Å². The third kappa shape index (κ3) is 8.82. The first kappa shape index (κ1) is 33.7. The number of aromatic nitrogens is 9. The number of nitrogen functional groups attached to an aromatic ring is 1. The summed E-state index contributed by atoms with van der Waals surface area (Å²) in [6.07, 6.45) is 9.75. The molecule has 7 rings (SSSR count). The zero-order chi connectivity index (χ0) is 35.9. The fourth-order valence-corrected chi connectivity index (χ4v) is 4.40. The molecule has 0 atom stereocenters. The molecule has 16 nitrogen and oxygen atoms in total. The van der Waals surface area contributed by atoms with Gasteiger partial charge in [0.25, 0.3) is 0 Å². The van der Waals surface area contributed by atoms with Crippen molar-refractivity contribution in [3.63, 3.8) is 0 Å². The Balaban J connectivity index is 0.000000187. The maximum absolute atomic E-state index is 14.1. The molecule has 258 valence electrons. The summed E-state index contributed by atoms with van der Waals surface area (Å²) in [5, 5.41) is 16.7. The number of amides is 2. The van der Waals surface area contributed by atoms with Crippen LogP contribution in [0.25, 0.3) is 22.5 Å². The number of benzene rings is 2. The van der Waals surface area contributed by atoms with Crippen LogP contribution in [0, 0.1) is 18.6 Å². The minimum Gasteiger partial charge on any atom is -0.439 e. The second-order valence-electron chi connectivity index (χ2n) is 10.7. The fraction of sp³-hybridized carbons (Fsp3) is 0.0909. The molecular formula is C33H28F2N12O4. The van der Waals surface area contributed by atoms with Crippen molar-refractivity contribution in [1.82, 2.24) is 44.7 Å². The summed E-state index contributed by atoms with van der Waals surface area (Å²) < 4.78 is 46.7. The van der Waals surface area contributed by atoms with E-state index in [0.717, 1.165) is 11.1 Å². The normalized spacial score (nSPS) is 10.6. The number of nitrogens with zero attached hydrogens (tertiary/aromatic N) is 9. The van der Waals surface area contributed by atoms with Crippen molar-refractivity contribution >= 4 is 23.2 Å². The van der Waals surface area contributed by atoms with Crippen LogP contribution in [0.3, 0.4) is 0 Å². The molecule has 0 spiro atoms. The zero-order valence-electron chi connectivity index (χ0n) is 27.2. The average molecular weight is 695 g/mol. The molecule has 0 fully saturated rings. The van der Waals surface area contributed by atoms with Gasteiger partial charge < -0.3 is 25.0 Å². The van der Waals surface area contributed by atoms with Crippen molar-refractivity contribution in [1.29, 1.82) is 0 Å². The number of hydrogen-bond donors (Lipinski definition) is 3. The molecule has 2 aromatic carbocycles. The molecular weight excluding hydrogens is 666 g/mol. The smallest absolute Gasteiger partial charge is 0.325 e. The Morgan fingerprint density at radius 3 is 1.84 bits per heavy atom. The quantitative estimate of drug-likeness (QED) is 0.154. The van der Waals surface area contributed by atoms with Crippen LogP contribution in [-0.4, -0.2) is 50.7 Å². The van der Waals surface area contributed by atoms with Gasteiger partial charge in [-0.05, 0) is 31.2 Å². The Labute approximate surface area is 287 Å². The van der Waals surface area contributed by atoms with Crippen molar-refractivity contribution < 1.29 is 27.6 Å². The lowest BCUT2D eigenvalue weighted by atomic mass is 10.2. The lowest BCUT2D eigenvalue weighted by molar-refractivity contribution is 0.261. The number of anilines is 3. The van der Waals surface area contributed by atoms with Crippen LogP contribution >= 0.6 is 0 Å². The highest BCUT2D eigenvalue weighted by Crippen LogP contribution is 2.28. The molecule has 5 heterocycles. The number of aryl methyl sites for hydroxylation is 3. The number of urea groups is 1. The van der Waals surface area contributed by atoms with E-state index in [0.29, 0.717) is 28.8 Å². The van der Waals surface area contributed by atoms with Gasteiger partial charge in [0, 0.05) is 67.9 Å². The first-order valence-corrected chi connectivity index (χ1v) is 14.9. The van der Waals surface area contributed by atoms with Gasteiger partial charge in [0.15, 0.2) is 5.82 Å². The average Bonchev–Trinajstić information content (AvgIpc) is 3.86. The number of nitrogens with one attached hydrogen (secondary N) is 2. The molecule has 7 aromatic rings. The van der Waals surface area contributed by atoms with Gasteiger partial charge in [-0.25, -0.2) is 33.5 Å². The molecule has 2 amide bonds. The second kappa shape index (κ2) is 14.9. The first-order chi connectivity index (χ1) is 24.6. The van der Waals surface area contributed by atoms with E-state index in [2.05, 4.69) is 45.9 Å². The van der Waals surface area contributed by atoms with Crippen LogP contribution in [0.15, 0.2) is 96.6 Å². The van der Waals surface area contributed by atoms with Crippen molar-refractivity contribution in [2.45, 2.75) is 6.92 Å². The number of carbonyl (C=O) groups excluding carboxylic acids is 1. The molecule has 5 aromatic heterocycles. The van der Waals surface area contributed by atoms with E-state index in [9.17, 15) is 13.6 Å². The summed E-state index contributed by atoms with van der Waals surface area (Å²) in [7, 11) is 3.62. The number of hydrogen-bond acceptors (Lipinski definition) is 12. The summed E-state index contributed by atoms with van der Waals surface area (Å²) in [4.78, 5) is 28.5. The third-order valence-corrected chi connectivity index (χ3v) is 6.75. The minimum absolute atomic E-state index is 0.0223. The van der Waals surface area contributed by atoms with Crippen LogP contribution in [0.5, 0.6) is 23.3 Å². The van der Waals surface area contributed by atoms with Crippen LogP contribution in [0.4, 0.5) is 30.8 Å². The van der Waals surface area contributed by atoms with Gasteiger partial charge in [0.1, 0.15) is 41.5 Å². The second-order valence-corrected chi connectivity index (χ2v) is 10.7. The minimum atomic E-state index is -0.680. The lowest BCUT2D eigenvalue weighted by Crippen LogP contribution is -2.20. The molecule has 0 aliphatic heterocycles. The topological polar surface area (TPSA) is 199 Å². The largest absolute Gasteiger partial charge is 0.439 e. The number of nitrogens with two attached hydrogens (primary N) is 1. The van der Waals surface area contributed by atoms with E-state index in [1.54, 1.807) is 54.1 Å². The van der Waals surface area contributed by atoms with Crippen molar-refractivity contribution in [2.75, 3.05) is 16.4 Å². The molecule has 4 N–H and O–H groups in total. The highest BCUT2D eigenvalue weighted by Gasteiger charge is 2.13. The summed E-state index contributed by atoms with van der Waals surface area (Å²) in [5.41, 5.74) is 8.40. The summed E-state index contributed by atoms with van der Waals surface area (Å²) >= 11 is 0. The van der Waals surface area contributed by atoms with Crippen molar-refractivity contribution in [3.05, 3.63) is 109 Å². The maximum atomic E-state index is 14.1. The monoisotopic (exact) mass is 694 g/mol. The van der Waals surface area contributed by atoms with E-state index in [4.69, 9.17) is 19.7 Å². The molecule has 0 unspecified atom stereocenters. The number of ether oxygens (including phenoxy) is 2. The Hall–Kier alpha value is -7.24. The SMILES string of the molecule is Cc1cc(NC(=O)Nc2cc(Oc3cc(-c4cnn(C)c4)ncn3)ccc2F)no1.Cn1cc(-c2cc(Oc3ccc(F)c(N)c3)ncn2)cn1. The predicted molar refractivity (Wildman–Crippen MR) is 180 cm³/mol. The van der Waals surface area contributed by atoms with Gasteiger partial charge in [0.2, 0.25) is 11.8 Å². The van der Waals surface area contributed by atoms with Crippen molar-refractivity contribution in [3.8, 4) is 45.8 Å². The number of rotatable bonds is 8. The van der Waals surface area contributed by atoms with E-state index in [-0.39, 0.29) is 28.8 Å². The van der Waals surface area contributed by atoms with Gasteiger partial charge in [-0.3, -0.25) is 14.7 Å². The van der Waals surface area contributed by atoms with E-state index >= 15 is 0 Å². The van der Waals surface area contributed by atoms with Gasteiger partial charge in [0.05, 0.1) is 35.2 Å². The standard InChI is InChI=1S/C19H16FN7O3.C14H12FN5O/c1-11-5-17(26-30-11)25-19(28)24-16-6-13(3-4-14(16)20)29-18-7-15(21-10-22-18)12-8-23-27(2)9-12;1-20-7-9(6-19-20)13-5-14(18-8-17-13)21-10-2-3-11(15)12(16)4-10/h3-10H,1-2H3,(H2,24,25,26,28);2-8H,16H2,1H3. The van der Waals surface area contributed by atoms with Gasteiger partial charge in [-0.1, -0.05) is 5.16 Å². The summed E-state index contributed by atoms with van der Waals surface area (Å²) in [5.74, 6) is 0.904. The third-order valence-electron chi connectivity index (χ3n) is 6.75. The molecule has 0 aliphatic rings. The van der Waals surface area contributed by atoms with E-state index in [1.165, 1.54) is 55.1 Å². The molecule has 18 heteroatoms. The Bertz CT molecular complexity index is 2310. The van der Waals surface area contributed by atoms with Crippen molar-refractivity contribution in [2.24, 2.45) is 14.1 Å². The first-order valence-electron chi connectivity index (χ1n) is 14.9. The van der Waals surface area contributed by atoms with Gasteiger partial charge in [-0.2, -0.15) is 10.2 Å². The Morgan fingerprint density at radius 2 is 1.33 bits per heavy atom. The Kier molecular flexibility index (Phi) is 9.83. The predicted octanol–water partition coefficient (Wildman–Crippen LogP) is 6.14. The highest BCUT2D eigenvalue weighted by atomic mass is 19.1. The zero-order valence-corrected chi connectivity index (χ0v) is 27.2. The maximum Gasteiger partial charge on any atom is 0.325 e. The van der Waals surface area contributed by atoms with Crippen LogP contribution in [-0.2, 0) is 14.1 Å². The van der Waals surface area contributed by atoms with Gasteiger partial charge in [-0.15, -0.1) is 0 Å². The number of halogens is 2. The lowest BCUT2D eigenvalue weighted by Gasteiger charge is -2.10. The molecule has 0 bridgehead atoms. The van der Waals surface area contributed by atoms with E-state index < -0.39 is 17.7 Å². The molecule has 0 aliphatic carbocycles. The molecule has 51 heavy (non-hydrogen) atoms. The highest BCUT2D eigenvalue weighted by molar-refractivity contribution is 5.99. The Morgan fingerprint density at radius 1 is 0.765 bits per heavy atom. The van der Waals surface area contributed by atoms with Crippen LogP contribution in [0.2, 0.25) is 0 Å². The molecule has 0 radical (unpaired) electrons. The van der Waals surface area contributed by atoms with Crippen LogP contribution in [0.1, 0.15) is 5.76 Å². The summed E-state index contributed by atoms with van der Waals surface area (Å²) in [6, 6.07) is 12.2.